The average Bonchev–Trinajstić information content (AvgIpc) is 3.19. The van der Waals surface area contributed by atoms with Crippen molar-refractivity contribution in [3.63, 3.8) is 0 Å². The minimum absolute atomic E-state index is 0.0345. The Morgan fingerprint density at radius 3 is 2.43 bits per heavy atom. The van der Waals surface area contributed by atoms with Crippen LogP contribution in [-0.4, -0.2) is 23.5 Å². The Balaban J connectivity index is 1.77. The van der Waals surface area contributed by atoms with E-state index in [0.29, 0.717) is 24.0 Å². The van der Waals surface area contributed by atoms with E-state index in [0.717, 1.165) is 18.1 Å². The van der Waals surface area contributed by atoms with Crippen LogP contribution in [0.4, 0.5) is 13.2 Å². The van der Waals surface area contributed by atoms with E-state index in [9.17, 15) is 22.8 Å². The van der Waals surface area contributed by atoms with Crippen LogP contribution >= 0.6 is 0 Å². The zero-order chi connectivity index (χ0) is 21.7. The minimum Gasteiger partial charge on any atom is -0.489 e. The molecular formula is C23H21F3O4. The second-order valence-corrected chi connectivity index (χ2v) is 7.13. The van der Waals surface area contributed by atoms with E-state index in [1.165, 1.54) is 12.1 Å². The minimum atomic E-state index is -4.62. The highest BCUT2D eigenvalue weighted by molar-refractivity contribution is 6.09. The summed E-state index contributed by atoms with van der Waals surface area (Å²) in [5.41, 5.74) is 1.05. The van der Waals surface area contributed by atoms with Gasteiger partial charge in [0.2, 0.25) is 0 Å². The van der Waals surface area contributed by atoms with Gasteiger partial charge in [-0.3, -0.25) is 9.59 Å². The Morgan fingerprint density at radius 1 is 1.03 bits per heavy atom. The lowest BCUT2D eigenvalue weighted by molar-refractivity contribution is -0.140. The van der Waals surface area contributed by atoms with Gasteiger partial charge in [0, 0.05) is 17.6 Å². The van der Waals surface area contributed by atoms with Gasteiger partial charge in [0.05, 0.1) is 5.56 Å². The predicted octanol–water partition coefficient (Wildman–Crippen LogP) is 5.46. The van der Waals surface area contributed by atoms with Crippen LogP contribution in [0.5, 0.6) is 5.75 Å². The van der Waals surface area contributed by atoms with Crippen molar-refractivity contribution >= 4 is 11.8 Å². The van der Waals surface area contributed by atoms with Gasteiger partial charge in [-0.1, -0.05) is 36.4 Å². The summed E-state index contributed by atoms with van der Waals surface area (Å²) in [6.07, 6.45) is -3.14. The maximum absolute atomic E-state index is 13.4. The Bertz CT molecular complexity index is 962. The highest BCUT2D eigenvalue weighted by atomic mass is 19.4. The first-order chi connectivity index (χ1) is 14.3. The van der Waals surface area contributed by atoms with Crippen LogP contribution in [0.2, 0.25) is 0 Å². The molecule has 30 heavy (non-hydrogen) atoms. The molecule has 1 aliphatic rings. The Hall–Kier alpha value is -3.09. The molecule has 0 fully saturated rings. The van der Waals surface area contributed by atoms with Crippen LogP contribution in [0, 0.1) is 0 Å². The zero-order valence-electron chi connectivity index (χ0n) is 16.2. The van der Waals surface area contributed by atoms with Crippen LogP contribution in [0.3, 0.4) is 0 Å². The second-order valence-electron chi connectivity index (χ2n) is 7.13. The van der Waals surface area contributed by atoms with Crippen molar-refractivity contribution in [1.29, 1.82) is 0 Å². The fourth-order valence-electron chi connectivity index (χ4n) is 3.54. The van der Waals surface area contributed by atoms with E-state index >= 15 is 0 Å². The Morgan fingerprint density at radius 2 is 1.77 bits per heavy atom. The van der Waals surface area contributed by atoms with E-state index in [1.807, 2.05) is 6.07 Å². The number of carbonyl (C=O) groups is 2. The number of benzene rings is 2. The number of alkyl halides is 3. The third kappa shape index (κ3) is 5.28. The van der Waals surface area contributed by atoms with Gasteiger partial charge in [0.25, 0.3) is 0 Å². The zero-order valence-corrected chi connectivity index (χ0v) is 16.2. The molecule has 3 rings (SSSR count). The van der Waals surface area contributed by atoms with E-state index in [1.54, 1.807) is 24.3 Å². The molecule has 0 saturated carbocycles. The largest absolute Gasteiger partial charge is 0.489 e. The number of hydrogen-bond donors (Lipinski definition) is 1. The molecule has 2 aromatic carbocycles. The summed E-state index contributed by atoms with van der Waals surface area (Å²) in [5.74, 6) is -1.20. The molecule has 0 radical (unpaired) electrons. The molecule has 0 aromatic heterocycles. The molecule has 0 amide bonds. The molecule has 0 atom stereocenters. The molecule has 7 heteroatoms. The number of ether oxygens (including phenoxy) is 1. The maximum Gasteiger partial charge on any atom is 0.416 e. The van der Waals surface area contributed by atoms with Gasteiger partial charge >= 0.3 is 12.1 Å². The Labute approximate surface area is 172 Å². The molecule has 0 unspecified atom stereocenters. The number of halogens is 3. The summed E-state index contributed by atoms with van der Waals surface area (Å²) in [5, 5.41) is 8.74. The van der Waals surface area contributed by atoms with Gasteiger partial charge in [0.1, 0.15) is 12.4 Å². The lowest BCUT2D eigenvalue weighted by Crippen LogP contribution is -2.12. The number of carboxylic acid groups (broad SMARTS) is 1. The van der Waals surface area contributed by atoms with Crippen LogP contribution in [0.15, 0.2) is 59.7 Å². The number of allylic oxidation sites excluding steroid dienone is 1. The third-order valence-corrected chi connectivity index (χ3v) is 5.05. The third-order valence-electron chi connectivity index (χ3n) is 5.05. The van der Waals surface area contributed by atoms with E-state index in [2.05, 4.69) is 0 Å². The van der Waals surface area contributed by atoms with E-state index in [4.69, 9.17) is 9.84 Å². The van der Waals surface area contributed by atoms with Gasteiger partial charge < -0.3 is 9.84 Å². The van der Waals surface area contributed by atoms with Gasteiger partial charge in [-0.2, -0.15) is 13.2 Å². The van der Waals surface area contributed by atoms with Crippen molar-refractivity contribution in [3.05, 3.63) is 76.4 Å². The average molecular weight is 418 g/mol. The molecular weight excluding hydrogens is 397 g/mol. The fourth-order valence-corrected chi connectivity index (χ4v) is 3.54. The van der Waals surface area contributed by atoms with Crippen molar-refractivity contribution in [2.45, 2.75) is 38.3 Å². The highest BCUT2D eigenvalue weighted by Gasteiger charge is 2.34. The van der Waals surface area contributed by atoms with Crippen LogP contribution in [-0.2, 0) is 17.4 Å². The quantitative estimate of drug-likeness (QED) is 0.578. The van der Waals surface area contributed by atoms with Crippen LogP contribution < -0.4 is 4.74 Å². The van der Waals surface area contributed by atoms with Crippen molar-refractivity contribution in [2.24, 2.45) is 0 Å². The number of aryl methyl sites for hydroxylation is 1. The summed E-state index contributed by atoms with van der Waals surface area (Å²) in [7, 11) is 0. The molecule has 0 saturated heterocycles. The smallest absolute Gasteiger partial charge is 0.416 e. The fraction of sp³-hybridized carbons (Fsp3) is 0.304. The number of rotatable bonds is 8. The number of carbonyl (C=O) groups excluding carboxylic acids is 1. The molecule has 158 valence electrons. The first-order valence-corrected chi connectivity index (χ1v) is 9.61. The molecule has 0 heterocycles. The molecule has 0 spiro atoms. The normalized spacial score (nSPS) is 14.1. The SMILES string of the molecule is O=C(O)CCc1ccc(OCC2=C(C(=O)c3ccccc3)CCC2)cc1C(F)(F)F. The molecule has 1 N–H and O–H groups in total. The summed E-state index contributed by atoms with van der Waals surface area (Å²) in [6.45, 7) is 0.0413. The first-order valence-electron chi connectivity index (χ1n) is 9.61. The molecule has 0 aliphatic heterocycles. The monoisotopic (exact) mass is 418 g/mol. The topological polar surface area (TPSA) is 63.6 Å². The number of ketones is 1. The summed E-state index contributed by atoms with van der Waals surface area (Å²) in [6, 6.07) is 12.4. The Kier molecular flexibility index (Phi) is 6.59. The van der Waals surface area contributed by atoms with Gasteiger partial charge in [0.15, 0.2) is 5.78 Å². The molecule has 1 aliphatic carbocycles. The van der Waals surface area contributed by atoms with Crippen molar-refractivity contribution in [2.75, 3.05) is 6.61 Å². The van der Waals surface area contributed by atoms with Crippen molar-refractivity contribution in [3.8, 4) is 5.75 Å². The number of carboxylic acids is 1. The lowest BCUT2D eigenvalue weighted by atomic mass is 10.0. The van der Waals surface area contributed by atoms with Gasteiger partial charge in [-0.15, -0.1) is 0 Å². The van der Waals surface area contributed by atoms with E-state index < -0.39 is 17.7 Å². The first kappa shape index (κ1) is 21.6. The maximum atomic E-state index is 13.4. The lowest BCUT2D eigenvalue weighted by Gasteiger charge is -2.15. The van der Waals surface area contributed by atoms with E-state index in [-0.39, 0.29) is 36.5 Å². The number of aliphatic carboxylic acids is 1. The van der Waals surface area contributed by atoms with Gasteiger partial charge in [-0.25, -0.2) is 0 Å². The molecule has 2 aromatic rings. The van der Waals surface area contributed by atoms with Crippen molar-refractivity contribution in [1.82, 2.24) is 0 Å². The van der Waals surface area contributed by atoms with Crippen LogP contribution in [0.25, 0.3) is 0 Å². The number of Topliss-reactive ketones (excluding diaryl/α,β-unsaturated/α-hetero) is 1. The summed E-state index contributed by atoms with van der Waals surface area (Å²) in [4.78, 5) is 23.4. The van der Waals surface area contributed by atoms with Crippen molar-refractivity contribution < 1.29 is 32.6 Å². The predicted molar refractivity (Wildman–Crippen MR) is 105 cm³/mol. The molecule has 0 bridgehead atoms. The standard InChI is InChI=1S/C23H21F3O4/c24-23(25,26)20-13-18(11-9-15(20)10-12-21(27)28)30-14-17-7-4-8-19(17)22(29)16-5-2-1-3-6-16/h1-3,5-6,9,11,13H,4,7-8,10,12,14H2,(H,27,28). The number of hydrogen-bond acceptors (Lipinski definition) is 3. The summed E-state index contributed by atoms with van der Waals surface area (Å²) < 4.78 is 45.8. The molecule has 4 nitrogen and oxygen atoms in total. The van der Waals surface area contributed by atoms with Gasteiger partial charge in [-0.05, 0) is 49.0 Å². The highest BCUT2D eigenvalue weighted by Crippen LogP contribution is 2.36. The van der Waals surface area contributed by atoms with Crippen LogP contribution in [0.1, 0.15) is 47.2 Å². The second kappa shape index (κ2) is 9.15. The summed E-state index contributed by atoms with van der Waals surface area (Å²) >= 11 is 0.